The Balaban J connectivity index is 1.92. The molecule has 6 nitrogen and oxygen atoms in total. The van der Waals surface area contributed by atoms with Crippen molar-refractivity contribution in [3.8, 4) is 0 Å². The number of halogens is 4. The molecule has 0 spiro atoms. The van der Waals surface area contributed by atoms with Crippen LogP contribution in [0.15, 0.2) is 35.2 Å². The number of aliphatic hydroxyl groups excluding tert-OH is 1. The number of anilines is 1. The lowest BCUT2D eigenvalue weighted by atomic mass is 10.0. The molecule has 28 heavy (non-hydrogen) atoms. The molecule has 2 aromatic rings. The Morgan fingerprint density at radius 2 is 1.79 bits per heavy atom. The second-order valence-electron chi connectivity index (χ2n) is 6.61. The van der Waals surface area contributed by atoms with Gasteiger partial charge < -0.3 is 15.2 Å². The van der Waals surface area contributed by atoms with E-state index in [1.807, 2.05) is 0 Å². The van der Waals surface area contributed by atoms with Crippen molar-refractivity contribution in [1.29, 1.82) is 0 Å². The summed E-state index contributed by atoms with van der Waals surface area (Å²) in [5, 5.41) is 12.1. The van der Waals surface area contributed by atoms with Crippen molar-refractivity contribution in [3.05, 3.63) is 58.4 Å². The van der Waals surface area contributed by atoms with Crippen molar-refractivity contribution in [2.24, 2.45) is 0 Å². The van der Waals surface area contributed by atoms with E-state index in [1.54, 1.807) is 6.92 Å². The summed E-state index contributed by atoms with van der Waals surface area (Å²) in [6.45, 7) is 1.96. The molecule has 1 heterocycles. The van der Waals surface area contributed by atoms with Gasteiger partial charge in [0.1, 0.15) is 10.7 Å². The van der Waals surface area contributed by atoms with E-state index in [4.69, 9.17) is 16.3 Å². The number of hydrogen-bond acceptors (Lipinski definition) is 5. The Morgan fingerprint density at radius 1 is 1.14 bits per heavy atom. The third-order valence-corrected chi connectivity index (χ3v) is 6.30. The first-order valence-corrected chi connectivity index (χ1v) is 9.88. The maximum atomic E-state index is 14.3. The Hall–Kier alpha value is -1.85. The molecule has 1 unspecified atom stereocenters. The summed E-state index contributed by atoms with van der Waals surface area (Å²) in [5.41, 5.74) is -1.43. The standard InChI is InChI=1S/C17H16ClF3N2O4S/c1-17(7-27-8-17)23-28(25,26)13-5-4-11(20)14(15(13)18)16(24)22-9-2-3-10(19)12(21)6-9/h2-6,16,22-24H,7-8H2,1H3. The number of nitrogens with one attached hydrogen (secondary N) is 2. The normalized spacial score (nSPS) is 17.1. The number of ether oxygens (including phenoxy) is 1. The molecule has 0 amide bonds. The summed E-state index contributed by atoms with van der Waals surface area (Å²) in [6, 6.07) is 4.49. The molecular formula is C17H16ClF3N2O4S. The third-order valence-electron chi connectivity index (χ3n) is 4.10. The van der Waals surface area contributed by atoms with E-state index in [0.29, 0.717) is 0 Å². The van der Waals surface area contributed by atoms with E-state index in [2.05, 4.69) is 10.0 Å². The van der Waals surface area contributed by atoms with Crippen molar-refractivity contribution >= 4 is 27.3 Å². The van der Waals surface area contributed by atoms with Gasteiger partial charge in [0.15, 0.2) is 17.9 Å². The second kappa shape index (κ2) is 7.53. The van der Waals surface area contributed by atoms with Crippen LogP contribution in [-0.2, 0) is 14.8 Å². The molecule has 0 radical (unpaired) electrons. The molecule has 1 aliphatic heterocycles. The van der Waals surface area contributed by atoms with Gasteiger partial charge >= 0.3 is 0 Å². The van der Waals surface area contributed by atoms with Crippen LogP contribution in [0.1, 0.15) is 18.7 Å². The Kier molecular flexibility index (Phi) is 5.61. The van der Waals surface area contributed by atoms with Crippen molar-refractivity contribution in [1.82, 2.24) is 4.72 Å². The molecule has 2 aromatic carbocycles. The van der Waals surface area contributed by atoms with Crippen molar-refractivity contribution < 1.29 is 31.4 Å². The zero-order valence-electron chi connectivity index (χ0n) is 14.5. The first-order chi connectivity index (χ1) is 13.0. The molecule has 0 aliphatic carbocycles. The highest BCUT2D eigenvalue weighted by atomic mass is 35.5. The average Bonchev–Trinajstić information content (AvgIpc) is 2.56. The molecule has 0 bridgehead atoms. The van der Waals surface area contributed by atoms with Gasteiger partial charge in [0.25, 0.3) is 0 Å². The highest BCUT2D eigenvalue weighted by Crippen LogP contribution is 2.33. The van der Waals surface area contributed by atoms with Crippen LogP contribution in [0.5, 0.6) is 0 Å². The monoisotopic (exact) mass is 436 g/mol. The second-order valence-corrected chi connectivity index (χ2v) is 8.64. The average molecular weight is 437 g/mol. The molecule has 152 valence electrons. The van der Waals surface area contributed by atoms with Gasteiger partial charge in [-0.05, 0) is 31.2 Å². The largest absolute Gasteiger partial charge is 0.377 e. The van der Waals surface area contributed by atoms with Crippen LogP contribution in [0.2, 0.25) is 5.02 Å². The van der Waals surface area contributed by atoms with E-state index in [9.17, 15) is 26.7 Å². The van der Waals surface area contributed by atoms with Crippen LogP contribution in [0, 0.1) is 17.5 Å². The molecule has 0 saturated carbocycles. The smallest absolute Gasteiger partial charge is 0.242 e. The first kappa shape index (κ1) is 20.9. The lowest BCUT2D eigenvalue weighted by Gasteiger charge is -2.38. The summed E-state index contributed by atoms with van der Waals surface area (Å²) in [4.78, 5) is -0.440. The van der Waals surface area contributed by atoms with Crippen LogP contribution in [0.4, 0.5) is 18.9 Å². The molecule has 3 N–H and O–H groups in total. The molecule has 11 heteroatoms. The topological polar surface area (TPSA) is 87.7 Å². The predicted octanol–water partition coefficient (Wildman–Crippen LogP) is 2.93. The van der Waals surface area contributed by atoms with Crippen LogP contribution < -0.4 is 10.0 Å². The number of aliphatic hydroxyl groups is 1. The fourth-order valence-electron chi connectivity index (χ4n) is 2.67. The van der Waals surface area contributed by atoms with E-state index < -0.39 is 54.7 Å². The quantitative estimate of drug-likeness (QED) is 0.606. The summed E-state index contributed by atoms with van der Waals surface area (Å²) in [5.74, 6) is -3.26. The van der Waals surface area contributed by atoms with E-state index >= 15 is 0 Å². The lowest BCUT2D eigenvalue weighted by molar-refractivity contribution is -0.0523. The zero-order chi connectivity index (χ0) is 20.7. The molecule has 1 saturated heterocycles. The van der Waals surface area contributed by atoms with Gasteiger partial charge in [-0.3, -0.25) is 0 Å². The summed E-state index contributed by atoms with van der Waals surface area (Å²) in [7, 11) is -4.14. The van der Waals surface area contributed by atoms with Crippen LogP contribution in [-0.4, -0.2) is 32.3 Å². The van der Waals surface area contributed by atoms with Crippen molar-refractivity contribution in [2.75, 3.05) is 18.5 Å². The molecule has 1 fully saturated rings. The minimum atomic E-state index is -4.14. The maximum absolute atomic E-state index is 14.3. The fourth-order valence-corrected chi connectivity index (χ4v) is 4.70. The van der Waals surface area contributed by atoms with Gasteiger partial charge in [0, 0.05) is 11.8 Å². The van der Waals surface area contributed by atoms with Crippen LogP contribution >= 0.6 is 11.6 Å². The summed E-state index contributed by atoms with van der Waals surface area (Å²) < 4.78 is 73.3. The number of hydrogen-bond donors (Lipinski definition) is 3. The van der Waals surface area contributed by atoms with Gasteiger partial charge in [0.05, 0.1) is 29.3 Å². The SMILES string of the molecule is CC1(NS(=O)(=O)c2ccc(F)c(C(O)Nc3ccc(F)c(F)c3)c2Cl)COC1. The van der Waals surface area contributed by atoms with Gasteiger partial charge in [-0.25, -0.2) is 26.3 Å². The minimum Gasteiger partial charge on any atom is -0.377 e. The Morgan fingerprint density at radius 3 is 2.36 bits per heavy atom. The van der Waals surface area contributed by atoms with E-state index in [1.165, 1.54) is 0 Å². The number of rotatable bonds is 6. The number of benzene rings is 2. The molecule has 0 aromatic heterocycles. The van der Waals surface area contributed by atoms with E-state index in [0.717, 1.165) is 30.3 Å². The molecule has 1 aliphatic rings. The van der Waals surface area contributed by atoms with Gasteiger partial charge in [0.2, 0.25) is 10.0 Å². The molecule has 1 atom stereocenters. The number of sulfonamides is 1. The summed E-state index contributed by atoms with van der Waals surface area (Å²) >= 11 is 6.08. The van der Waals surface area contributed by atoms with Gasteiger partial charge in [-0.1, -0.05) is 11.6 Å². The van der Waals surface area contributed by atoms with Crippen molar-refractivity contribution in [3.63, 3.8) is 0 Å². The first-order valence-electron chi connectivity index (χ1n) is 8.02. The minimum absolute atomic E-state index is 0.0626. The lowest BCUT2D eigenvalue weighted by Crippen LogP contribution is -2.59. The Bertz CT molecular complexity index is 1020. The zero-order valence-corrected chi connectivity index (χ0v) is 16.0. The van der Waals surface area contributed by atoms with Crippen LogP contribution in [0.3, 0.4) is 0 Å². The predicted molar refractivity (Wildman–Crippen MR) is 95.9 cm³/mol. The third kappa shape index (κ3) is 4.11. The molecule has 3 rings (SSSR count). The summed E-state index contributed by atoms with van der Waals surface area (Å²) in [6.07, 6.45) is -1.82. The highest BCUT2D eigenvalue weighted by molar-refractivity contribution is 7.89. The van der Waals surface area contributed by atoms with Gasteiger partial charge in [-0.2, -0.15) is 0 Å². The molecular weight excluding hydrogens is 421 g/mol. The van der Waals surface area contributed by atoms with Crippen LogP contribution in [0.25, 0.3) is 0 Å². The maximum Gasteiger partial charge on any atom is 0.242 e. The fraction of sp³-hybridized carbons (Fsp3) is 0.294. The van der Waals surface area contributed by atoms with E-state index in [-0.39, 0.29) is 18.9 Å². The highest BCUT2D eigenvalue weighted by Gasteiger charge is 2.39. The van der Waals surface area contributed by atoms with Gasteiger partial charge in [-0.15, -0.1) is 0 Å². The van der Waals surface area contributed by atoms with Crippen molar-refractivity contribution in [2.45, 2.75) is 23.6 Å². The Labute approximate surface area is 164 Å².